The minimum Gasteiger partial charge on any atom is -0.481 e. The number of carbonyl (C=O) groups is 1. The number of hydrogen-bond acceptors (Lipinski definition) is 4. The van der Waals surface area contributed by atoms with Crippen molar-refractivity contribution in [2.24, 2.45) is 0 Å². The number of fused-ring (bicyclic) bond motifs is 1. The van der Waals surface area contributed by atoms with E-state index < -0.39 is 5.97 Å². The summed E-state index contributed by atoms with van der Waals surface area (Å²) in [5, 5.41) is 11.3. The van der Waals surface area contributed by atoms with Crippen LogP contribution in [0, 0.1) is 19.3 Å². The van der Waals surface area contributed by atoms with Gasteiger partial charge >= 0.3 is 5.97 Å². The van der Waals surface area contributed by atoms with Gasteiger partial charge in [0.05, 0.1) is 18.7 Å². The first kappa shape index (κ1) is 20.6. The molecule has 0 saturated carbocycles. The van der Waals surface area contributed by atoms with Crippen molar-refractivity contribution in [3.63, 3.8) is 0 Å². The van der Waals surface area contributed by atoms with Gasteiger partial charge in [0, 0.05) is 27.4 Å². The molecule has 0 bridgehead atoms. The highest BCUT2D eigenvalue weighted by atomic mass is 32.2. The average Bonchev–Trinajstić information content (AvgIpc) is 2.71. The van der Waals surface area contributed by atoms with Crippen molar-refractivity contribution < 1.29 is 9.90 Å². The molecule has 0 aliphatic heterocycles. The standard InChI is InChI=1S/C24H24N2O2S/c1-4-15-26(18(3)16-24(27)28)23-14-13-22(20-7-5-6-8-21(20)23)25-29-19-11-9-17(2)10-12-19/h1,5-14,18,25H,15-16H2,2-3H3,(H,27,28)/t18-/m0/s1. The molecule has 3 aromatic rings. The number of terminal acetylenes is 1. The predicted octanol–water partition coefficient (Wildman–Crippen LogP) is 5.57. The molecule has 3 aromatic carbocycles. The van der Waals surface area contributed by atoms with Gasteiger partial charge in [-0.25, -0.2) is 0 Å². The Kier molecular flexibility index (Phi) is 6.69. The molecule has 1 atom stereocenters. The Morgan fingerprint density at radius 3 is 2.48 bits per heavy atom. The van der Waals surface area contributed by atoms with Crippen molar-refractivity contribution in [3.8, 4) is 12.3 Å². The number of aryl methyl sites for hydroxylation is 1. The zero-order chi connectivity index (χ0) is 20.8. The molecule has 3 rings (SSSR count). The Morgan fingerprint density at radius 1 is 1.14 bits per heavy atom. The smallest absolute Gasteiger partial charge is 0.305 e. The second-order valence-corrected chi connectivity index (χ2v) is 7.85. The lowest BCUT2D eigenvalue weighted by atomic mass is 10.0. The van der Waals surface area contributed by atoms with Crippen LogP contribution in [0.2, 0.25) is 0 Å². The summed E-state index contributed by atoms with van der Waals surface area (Å²) >= 11 is 1.56. The van der Waals surface area contributed by atoms with Crippen molar-refractivity contribution >= 4 is 40.1 Å². The number of nitrogens with zero attached hydrogens (tertiary/aromatic N) is 1. The number of aliphatic carboxylic acids is 1. The van der Waals surface area contributed by atoms with Crippen molar-refractivity contribution in [1.82, 2.24) is 0 Å². The van der Waals surface area contributed by atoms with Crippen LogP contribution in [0.15, 0.2) is 65.6 Å². The fourth-order valence-corrected chi connectivity index (χ4v) is 3.96. The van der Waals surface area contributed by atoms with Crippen LogP contribution >= 0.6 is 11.9 Å². The molecule has 0 radical (unpaired) electrons. The maximum Gasteiger partial charge on any atom is 0.305 e. The number of nitrogens with one attached hydrogen (secondary N) is 1. The second kappa shape index (κ2) is 9.40. The highest BCUT2D eigenvalue weighted by Gasteiger charge is 2.19. The number of carboxylic acid groups (broad SMARTS) is 1. The minimum absolute atomic E-state index is 0.0271. The molecule has 0 fully saturated rings. The average molecular weight is 405 g/mol. The van der Waals surface area contributed by atoms with E-state index in [2.05, 4.69) is 47.9 Å². The van der Waals surface area contributed by atoms with Crippen LogP contribution in [-0.2, 0) is 4.79 Å². The summed E-state index contributed by atoms with van der Waals surface area (Å²) < 4.78 is 3.45. The maximum atomic E-state index is 11.2. The predicted molar refractivity (Wildman–Crippen MR) is 123 cm³/mol. The Morgan fingerprint density at radius 2 is 1.83 bits per heavy atom. The fourth-order valence-electron chi connectivity index (χ4n) is 3.28. The van der Waals surface area contributed by atoms with Crippen molar-refractivity contribution in [2.45, 2.75) is 31.2 Å². The summed E-state index contributed by atoms with van der Waals surface area (Å²) in [7, 11) is 0. The van der Waals surface area contributed by atoms with Crippen LogP contribution < -0.4 is 9.62 Å². The van der Waals surface area contributed by atoms with Gasteiger partial charge in [-0.3, -0.25) is 4.79 Å². The molecule has 4 nitrogen and oxygen atoms in total. The van der Waals surface area contributed by atoms with Gasteiger partial charge in [-0.05, 0) is 50.1 Å². The lowest BCUT2D eigenvalue weighted by Gasteiger charge is -2.30. The van der Waals surface area contributed by atoms with Gasteiger partial charge in [0.25, 0.3) is 0 Å². The molecular weight excluding hydrogens is 380 g/mol. The summed E-state index contributed by atoms with van der Waals surface area (Å²) in [4.78, 5) is 14.3. The van der Waals surface area contributed by atoms with E-state index in [4.69, 9.17) is 6.42 Å². The van der Waals surface area contributed by atoms with Gasteiger partial charge in [-0.15, -0.1) is 6.42 Å². The Bertz CT molecular complexity index is 1040. The molecule has 5 heteroatoms. The molecule has 0 unspecified atom stereocenters. The molecule has 0 heterocycles. The van der Waals surface area contributed by atoms with Gasteiger partial charge < -0.3 is 14.7 Å². The molecule has 0 aliphatic rings. The largest absolute Gasteiger partial charge is 0.481 e. The van der Waals surface area contributed by atoms with Crippen LogP contribution in [-0.4, -0.2) is 23.7 Å². The van der Waals surface area contributed by atoms with Gasteiger partial charge in [-0.2, -0.15) is 0 Å². The summed E-state index contributed by atoms with van der Waals surface area (Å²) in [6.45, 7) is 4.31. The van der Waals surface area contributed by atoms with Gasteiger partial charge in [0.1, 0.15) is 0 Å². The van der Waals surface area contributed by atoms with E-state index in [1.54, 1.807) is 11.9 Å². The topological polar surface area (TPSA) is 52.6 Å². The van der Waals surface area contributed by atoms with E-state index >= 15 is 0 Å². The summed E-state index contributed by atoms with van der Waals surface area (Å²) in [6, 6.07) is 20.3. The molecule has 0 spiro atoms. The summed E-state index contributed by atoms with van der Waals surface area (Å²) in [5.41, 5.74) is 3.17. The number of hydrogen-bond donors (Lipinski definition) is 2. The Balaban J connectivity index is 1.94. The number of benzene rings is 3. The molecule has 0 aliphatic carbocycles. The molecule has 0 saturated heterocycles. The minimum atomic E-state index is -0.836. The number of carboxylic acids is 1. The first-order valence-electron chi connectivity index (χ1n) is 9.42. The molecule has 0 amide bonds. The van der Waals surface area contributed by atoms with Crippen LogP contribution in [0.25, 0.3) is 10.8 Å². The highest BCUT2D eigenvalue weighted by molar-refractivity contribution is 8.00. The maximum absolute atomic E-state index is 11.2. The lowest BCUT2D eigenvalue weighted by Crippen LogP contribution is -2.35. The molecule has 2 N–H and O–H groups in total. The third-order valence-electron chi connectivity index (χ3n) is 4.77. The van der Waals surface area contributed by atoms with Crippen LogP contribution in [0.3, 0.4) is 0 Å². The zero-order valence-corrected chi connectivity index (χ0v) is 17.4. The number of anilines is 2. The van der Waals surface area contributed by atoms with Crippen molar-refractivity contribution in [3.05, 3.63) is 66.2 Å². The first-order valence-corrected chi connectivity index (χ1v) is 10.2. The Hall–Kier alpha value is -3.10. The zero-order valence-electron chi connectivity index (χ0n) is 16.6. The van der Waals surface area contributed by atoms with E-state index in [-0.39, 0.29) is 12.5 Å². The van der Waals surface area contributed by atoms with Crippen molar-refractivity contribution in [1.29, 1.82) is 0 Å². The van der Waals surface area contributed by atoms with E-state index in [0.29, 0.717) is 6.54 Å². The van der Waals surface area contributed by atoms with Gasteiger partial charge in [-0.1, -0.05) is 47.9 Å². The Labute approximate surface area is 176 Å². The van der Waals surface area contributed by atoms with Gasteiger partial charge in [0.2, 0.25) is 0 Å². The lowest BCUT2D eigenvalue weighted by molar-refractivity contribution is -0.137. The molecular formula is C24H24N2O2S. The van der Waals surface area contributed by atoms with E-state index in [1.165, 1.54) is 5.56 Å². The number of rotatable bonds is 8. The molecule has 0 aromatic heterocycles. The third kappa shape index (κ3) is 5.04. The molecule has 29 heavy (non-hydrogen) atoms. The van der Waals surface area contributed by atoms with E-state index in [0.717, 1.165) is 27.0 Å². The normalized spacial score (nSPS) is 11.6. The summed E-state index contributed by atoms with van der Waals surface area (Å²) in [6.07, 6.45) is 5.60. The monoisotopic (exact) mass is 404 g/mol. The SMILES string of the molecule is C#CCN(c1ccc(NSc2ccc(C)cc2)c2ccccc12)[C@@H](C)CC(=O)O. The third-order valence-corrected chi connectivity index (χ3v) is 5.60. The summed E-state index contributed by atoms with van der Waals surface area (Å²) in [5.74, 6) is 1.83. The first-order chi connectivity index (χ1) is 14.0. The van der Waals surface area contributed by atoms with Gasteiger partial charge in [0.15, 0.2) is 0 Å². The van der Waals surface area contributed by atoms with Crippen LogP contribution in [0.1, 0.15) is 18.9 Å². The van der Waals surface area contributed by atoms with E-state index in [1.807, 2.05) is 42.2 Å². The van der Waals surface area contributed by atoms with Crippen LogP contribution in [0.4, 0.5) is 11.4 Å². The van der Waals surface area contributed by atoms with Crippen LogP contribution in [0.5, 0.6) is 0 Å². The molecule has 148 valence electrons. The quantitative estimate of drug-likeness (QED) is 0.380. The second-order valence-electron chi connectivity index (χ2n) is 6.97. The highest BCUT2D eigenvalue weighted by Crippen LogP contribution is 2.35. The van der Waals surface area contributed by atoms with E-state index in [9.17, 15) is 9.90 Å². The fraction of sp³-hybridized carbons (Fsp3) is 0.208. The van der Waals surface area contributed by atoms with Crippen molar-refractivity contribution in [2.75, 3.05) is 16.2 Å².